The van der Waals surface area contributed by atoms with Crippen LogP contribution in [0.1, 0.15) is 29.9 Å². The van der Waals surface area contributed by atoms with E-state index in [1.54, 1.807) is 6.08 Å². The molecule has 0 spiro atoms. The summed E-state index contributed by atoms with van der Waals surface area (Å²) in [5.74, 6) is 0.0379. The van der Waals surface area contributed by atoms with Crippen molar-refractivity contribution in [3.05, 3.63) is 47.5 Å². The quantitative estimate of drug-likeness (QED) is 0.731. The van der Waals surface area contributed by atoms with E-state index in [0.29, 0.717) is 12.8 Å². The summed E-state index contributed by atoms with van der Waals surface area (Å²) in [4.78, 5) is 11.2. The molecular formula is C13H11F3O. The molecule has 1 nitrogen and oxygen atoms in total. The zero-order valence-corrected chi connectivity index (χ0v) is 9.00. The first-order chi connectivity index (χ1) is 7.97. The molecule has 1 unspecified atom stereocenters. The van der Waals surface area contributed by atoms with Crippen LogP contribution in [0.4, 0.5) is 13.2 Å². The fourth-order valence-electron chi connectivity index (χ4n) is 1.96. The average Bonchev–Trinajstić information content (AvgIpc) is 2.28. The van der Waals surface area contributed by atoms with Crippen molar-refractivity contribution in [3.8, 4) is 0 Å². The summed E-state index contributed by atoms with van der Waals surface area (Å²) in [6.07, 6.45) is 0.0779. The number of carbonyl (C=O) groups excluding carboxylic acids is 1. The number of carbonyl (C=O) groups is 1. The molecule has 0 radical (unpaired) electrons. The topological polar surface area (TPSA) is 17.1 Å². The van der Waals surface area contributed by atoms with E-state index >= 15 is 0 Å². The van der Waals surface area contributed by atoms with E-state index in [9.17, 15) is 18.0 Å². The first-order valence-corrected chi connectivity index (χ1v) is 5.33. The third kappa shape index (κ3) is 2.75. The standard InChI is InChI=1S/C13H11F3O/c14-13(15,16)11-6-4-9(5-7-11)10-2-1-3-12(17)8-10/h1,3-7,10H,2,8H2. The predicted molar refractivity (Wildman–Crippen MR) is 57.6 cm³/mol. The Balaban J connectivity index is 2.18. The molecule has 2 rings (SSSR count). The highest BCUT2D eigenvalue weighted by atomic mass is 19.4. The van der Waals surface area contributed by atoms with Crippen molar-refractivity contribution in [3.63, 3.8) is 0 Å². The van der Waals surface area contributed by atoms with Gasteiger partial charge >= 0.3 is 6.18 Å². The molecule has 0 bridgehead atoms. The highest BCUT2D eigenvalue weighted by Gasteiger charge is 2.30. The first-order valence-electron chi connectivity index (χ1n) is 5.33. The summed E-state index contributed by atoms with van der Waals surface area (Å²) in [6.45, 7) is 0. The van der Waals surface area contributed by atoms with Gasteiger partial charge in [-0.15, -0.1) is 0 Å². The van der Waals surface area contributed by atoms with Crippen LogP contribution in [0.25, 0.3) is 0 Å². The molecule has 17 heavy (non-hydrogen) atoms. The minimum Gasteiger partial charge on any atom is -0.295 e. The van der Waals surface area contributed by atoms with E-state index in [0.717, 1.165) is 17.7 Å². The van der Waals surface area contributed by atoms with E-state index in [1.165, 1.54) is 18.2 Å². The van der Waals surface area contributed by atoms with Crippen LogP contribution in [0.2, 0.25) is 0 Å². The van der Waals surface area contributed by atoms with Gasteiger partial charge in [0, 0.05) is 6.42 Å². The molecule has 1 aromatic carbocycles. The van der Waals surface area contributed by atoms with Crippen molar-refractivity contribution in [1.29, 1.82) is 0 Å². The monoisotopic (exact) mass is 240 g/mol. The molecule has 0 saturated heterocycles. The molecule has 4 heteroatoms. The largest absolute Gasteiger partial charge is 0.416 e. The molecule has 90 valence electrons. The van der Waals surface area contributed by atoms with Gasteiger partial charge in [0.05, 0.1) is 5.56 Å². The number of hydrogen-bond acceptors (Lipinski definition) is 1. The molecule has 0 saturated carbocycles. The van der Waals surface area contributed by atoms with Crippen molar-refractivity contribution in [2.24, 2.45) is 0 Å². The summed E-state index contributed by atoms with van der Waals surface area (Å²) in [7, 11) is 0. The van der Waals surface area contributed by atoms with E-state index in [-0.39, 0.29) is 11.7 Å². The van der Waals surface area contributed by atoms with Crippen molar-refractivity contribution in [2.75, 3.05) is 0 Å². The fraction of sp³-hybridized carbons (Fsp3) is 0.308. The number of halogens is 3. The Morgan fingerprint density at radius 3 is 2.29 bits per heavy atom. The van der Waals surface area contributed by atoms with Crippen LogP contribution >= 0.6 is 0 Å². The van der Waals surface area contributed by atoms with Gasteiger partial charge in [-0.2, -0.15) is 13.2 Å². The van der Waals surface area contributed by atoms with Gasteiger partial charge in [-0.3, -0.25) is 4.79 Å². The van der Waals surface area contributed by atoms with Crippen LogP contribution in [-0.4, -0.2) is 5.78 Å². The summed E-state index contributed by atoms with van der Waals surface area (Å²) in [5.41, 5.74) is 0.134. The molecule has 0 amide bonds. The summed E-state index contributed by atoms with van der Waals surface area (Å²) >= 11 is 0. The van der Waals surface area contributed by atoms with Gasteiger partial charge in [0.25, 0.3) is 0 Å². The normalized spacial score (nSPS) is 20.6. The minimum atomic E-state index is -4.30. The van der Waals surface area contributed by atoms with E-state index in [4.69, 9.17) is 0 Å². The van der Waals surface area contributed by atoms with Crippen LogP contribution in [0.15, 0.2) is 36.4 Å². The van der Waals surface area contributed by atoms with Crippen molar-refractivity contribution < 1.29 is 18.0 Å². The lowest BCUT2D eigenvalue weighted by atomic mass is 9.87. The van der Waals surface area contributed by atoms with Crippen LogP contribution in [0, 0.1) is 0 Å². The third-order valence-electron chi connectivity index (χ3n) is 2.88. The zero-order valence-electron chi connectivity index (χ0n) is 9.00. The number of hydrogen-bond donors (Lipinski definition) is 0. The number of alkyl halides is 3. The van der Waals surface area contributed by atoms with Crippen molar-refractivity contribution >= 4 is 5.78 Å². The van der Waals surface area contributed by atoms with Gasteiger partial charge < -0.3 is 0 Å². The molecule has 0 aliphatic heterocycles. The maximum Gasteiger partial charge on any atom is 0.416 e. The lowest BCUT2D eigenvalue weighted by Gasteiger charge is -2.18. The van der Waals surface area contributed by atoms with Crippen LogP contribution < -0.4 is 0 Å². The Labute approximate surface area is 96.9 Å². The lowest BCUT2D eigenvalue weighted by Crippen LogP contribution is -2.10. The van der Waals surface area contributed by atoms with Gasteiger partial charge in [0.2, 0.25) is 0 Å². The van der Waals surface area contributed by atoms with Gasteiger partial charge in [-0.25, -0.2) is 0 Å². The molecule has 0 fully saturated rings. The second kappa shape index (κ2) is 4.35. The van der Waals surface area contributed by atoms with Crippen molar-refractivity contribution in [1.82, 2.24) is 0 Å². The maximum absolute atomic E-state index is 12.4. The Morgan fingerprint density at radius 1 is 1.12 bits per heavy atom. The van der Waals surface area contributed by atoms with E-state index in [2.05, 4.69) is 0 Å². The number of rotatable bonds is 1. The summed E-state index contributed by atoms with van der Waals surface area (Å²) < 4.78 is 37.1. The van der Waals surface area contributed by atoms with E-state index < -0.39 is 11.7 Å². The van der Waals surface area contributed by atoms with Gasteiger partial charge in [0.1, 0.15) is 0 Å². The summed E-state index contributed by atoms with van der Waals surface area (Å²) in [6, 6.07) is 5.05. The first kappa shape index (κ1) is 11.9. The highest BCUT2D eigenvalue weighted by Crippen LogP contribution is 2.32. The highest BCUT2D eigenvalue weighted by molar-refractivity contribution is 5.91. The molecule has 1 aromatic rings. The Bertz CT molecular complexity index is 443. The fourth-order valence-corrected chi connectivity index (χ4v) is 1.96. The predicted octanol–water partition coefficient (Wildman–Crippen LogP) is 3.71. The van der Waals surface area contributed by atoms with Crippen LogP contribution in [-0.2, 0) is 11.0 Å². The number of allylic oxidation sites excluding steroid dienone is 2. The molecule has 0 heterocycles. The van der Waals surface area contributed by atoms with Gasteiger partial charge in [0.15, 0.2) is 5.78 Å². The Hall–Kier alpha value is -1.58. The van der Waals surface area contributed by atoms with Crippen LogP contribution in [0.3, 0.4) is 0 Å². The van der Waals surface area contributed by atoms with Crippen LogP contribution in [0.5, 0.6) is 0 Å². The lowest BCUT2D eigenvalue weighted by molar-refractivity contribution is -0.137. The van der Waals surface area contributed by atoms with Gasteiger partial charge in [-0.05, 0) is 36.1 Å². The van der Waals surface area contributed by atoms with Gasteiger partial charge in [-0.1, -0.05) is 18.2 Å². The number of ketones is 1. The molecular weight excluding hydrogens is 229 g/mol. The summed E-state index contributed by atoms with van der Waals surface area (Å²) in [5, 5.41) is 0. The van der Waals surface area contributed by atoms with Crippen molar-refractivity contribution in [2.45, 2.75) is 24.9 Å². The Morgan fingerprint density at radius 2 is 1.76 bits per heavy atom. The second-order valence-corrected chi connectivity index (χ2v) is 4.13. The minimum absolute atomic E-state index is 0.00906. The number of benzene rings is 1. The molecule has 1 aliphatic rings. The second-order valence-electron chi connectivity index (χ2n) is 4.13. The third-order valence-corrected chi connectivity index (χ3v) is 2.88. The maximum atomic E-state index is 12.4. The average molecular weight is 240 g/mol. The molecule has 1 atom stereocenters. The van der Waals surface area contributed by atoms with E-state index in [1.807, 2.05) is 0 Å². The smallest absolute Gasteiger partial charge is 0.295 e. The SMILES string of the molecule is O=C1C=CCC(c2ccc(C(F)(F)F)cc2)C1. The molecule has 1 aliphatic carbocycles. The molecule has 0 aromatic heterocycles. The molecule has 0 N–H and O–H groups in total. The Kier molecular flexibility index (Phi) is 3.05. The zero-order chi connectivity index (χ0) is 12.5.